The maximum absolute atomic E-state index is 12.1. The quantitative estimate of drug-likeness (QED) is 0.355. The van der Waals surface area contributed by atoms with E-state index in [-0.39, 0.29) is 22.0 Å². The lowest BCUT2D eigenvalue weighted by Gasteiger charge is -2.07. The molecule has 0 saturated heterocycles. The number of carbonyl (C=O) groups is 1. The fourth-order valence-electron chi connectivity index (χ4n) is 1.83. The van der Waals surface area contributed by atoms with E-state index in [0.29, 0.717) is 6.54 Å². The van der Waals surface area contributed by atoms with Crippen LogP contribution in [0.1, 0.15) is 5.56 Å². The van der Waals surface area contributed by atoms with Crippen molar-refractivity contribution in [3.05, 3.63) is 75.2 Å². The molecule has 0 unspecified atom stereocenters. The first kappa shape index (κ1) is 17.9. The van der Waals surface area contributed by atoms with Gasteiger partial charge in [0.25, 0.3) is 11.6 Å². The predicted octanol–water partition coefficient (Wildman–Crippen LogP) is 2.78. The van der Waals surface area contributed by atoms with Crippen molar-refractivity contribution >= 4 is 28.9 Å². The number of non-ortho nitro benzene ring substituents is 1. The number of nitro benzene ring substituents is 1. The number of hydrogen-bond donors (Lipinski definition) is 2. The van der Waals surface area contributed by atoms with Gasteiger partial charge in [-0.1, -0.05) is 17.7 Å². The molecule has 9 heteroatoms. The van der Waals surface area contributed by atoms with Crippen LogP contribution >= 0.6 is 11.6 Å². The normalized spacial score (nSPS) is 10.6. The third-order valence-electron chi connectivity index (χ3n) is 3.05. The molecule has 2 rings (SSSR count). The Balaban J connectivity index is 2.07. The molecule has 1 heterocycles. The minimum atomic E-state index is -0.733. The zero-order valence-electron chi connectivity index (χ0n) is 12.8. The van der Waals surface area contributed by atoms with Crippen LogP contribution in [0, 0.1) is 21.4 Å². The number of aromatic nitrogens is 1. The summed E-state index contributed by atoms with van der Waals surface area (Å²) in [6.07, 6.45) is 4.54. The van der Waals surface area contributed by atoms with E-state index in [1.807, 2.05) is 6.07 Å². The summed E-state index contributed by atoms with van der Waals surface area (Å²) >= 11 is 5.91. The molecule has 1 aromatic heterocycles. The summed E-state index contributed by atoms with van der Waals surface area (Å²) in [6, 6.07) is 9.00. The Morgan fingerprint density at radius 2 is 2.24 bits per heavy atom. The number of hydrogen-bond acceptors (Lipinski definition) is 6. The number of pyridine rings is 1. The van der Waals surface area contributed by atoms with E-state index in [2.05, 4.69) is 15.6 Å². The van der Waals surface area contributed by atoms with Crippen molar-refractivity contribution in [2.24, 2.45) is 0 Å². The van der Waals surface area contributed by atoms with Gasteiger partial charge in [-0.15, -0.1) is 0 Å². The number of nitriles is 1. The number of amides is 1. The maximum atomic E-state index is 12.1. The number of nitro groups is 1. The molecule has 0 radical (unpaired) electrons. The molecule has 0 saturated carbocycles. The first-order chi connectivity index (χ1) is 12.0. The summed E-state index contributed by atoms with van der Waals surface area (Å²) in [6.45, 7) is 0.379. The van der Waals surface area contributed by atoms with E-state index in [9.17, 15) is 14.9 Å². The van der Waals surface area contributed by atoms with Crippen LogP contribution in [0.2, 0.25) is 5.02 Å². The van der Waals surface area contributed by atoms with Crippen LogP contribution in [0.4, 0.5) is 11.4 Å². The molecule has 2 N–H and O–H groups in total. The van der Waals surface area contributed by atoms with Crippen LogP contribution in [-0.4, -0.2) is 15.8 Å². The monoisotopic (exact) mass is 357 g/mol. The van der Waals surface area contributed by atoms with Crippen molar-refractivity contribution in [1.29, 1.82) is 5.26 Å². The van der Waals surface area contributed by atoms with Crippen LogP contribution in [-0.2, 0) is 11.3 Å². The molecule has 25 heavy (non-hydrogen) atoms. The first-order valence-corrected chi connectivity index (χ1v) is 7.37. The molecule has 0 aliphatic heterocycles. The van der Waals surface area contributed by atoms with Crippen molar-refractivity contribution in [1.82, 2.24) is 10.3 Å². The van der Waals surface area contributed by atoms with Gasteiger partial charge in [0.05, 0.1) is 15.6 Å². The van der Waals surface area contributed by atoms with Crippen LogP contribution in [0.3, 0.4) is 0 Å². The Bertz CT molecular complexity index is 862. The van der Waals surface area contributed by atoms with Crippen LogP contribution in [0.25, 0.3) is 0 Å². The fourth-order valence-corrected chi connectivity index (χ4v) is 2.00. The van der Waals surface area contributed by atoms with Gasteiger partial charge in [0.1, 0.15) is 11.6 Å². The van der Waals surface area contributed by atoms with E-state index in [0.717, 1.165) is 11.6 Å². The Morgan fingerprint density at radius 3 is 2.88 bits per heavy atom. The minimum Gasteiger partial charge on any atom is -0.386 e. The summed E-state index contributed by atoms with van der Waals surface area (Å²) in [5, 5.41) is 25.2. The highest BCUT2D eigenvalue weighted by Gasteiger charge is 2.14. The molecule has 8 nitrogen and oxygen atoms in total. The van der Waals surface area contributed by atoms with Gasteiger partial charge in [-0.25, -0.2) is 0 Å². The fraction of sp³-hybridized carbons (Fsp3) is 0.0625. The lowest BCUT2D eigenvalue weighted by molar-refractivity contribution is -0.384. The van der Waals surface area contributed by atoms with Crippen molar-refractivity contribution in [2.45, 2.75) is 6.54 Å². The average Bonchev–Trinajstić information content (AvgIpc) is 2.61. The zero-order valence-corrected chi connectivity index (χ0v) is 13.5. The largest absolute Gasteiger partial charge is 0.386 e. The first-order valence-electron chi connectivity index (χ1n) is 6.99. The van der Waals surface area contributed by atoms with Crippen LogP contribution < -0.4 is 10.6 Å². The summed E-state index contributed by atoms with van der Waals surface area (Å²) in [4.78, 5) is 26.3. The number of carbonyl (C=O) groups excluding carboxylic acids is 1. The zero-order chi connectivity index (χ0) is 18.2. The Kier molecular flexibility index (Phi) is 6.03. The van der Waals surface area contributed by atoms with E-state index in [1.54, 1.807) is 24.5 Å². The second-order valence-corrected chi connectivity index (χ2v) is 5.19. The van der Waals surface area contributed by atoms with E-state index in [4.69, 9.17) is 16.9 Å². The van der Waals surface area contributed by atoms with Crippen molar-refractivity contribution in [3.63, 3.8) is 0 Å². The Labute approximate surface area is 147 Å². The van der Waals surface area contributed by atoms with Gasteiger partial charge in [0, 0.05) is 37.3 Å². The molecule has 126 valence electrons. The van der Waals surface area contributed by atoms with Gasteiger partial charge in [-0.2, -0.15) is 5.26 Å². The van der Waals surface area contributed by atoms with Gasteiger partial charge in [0.2, 0.25) is 0 Å². The number of rotatable bonds is 6. The summed E-state index contributed by atoms with van der Waals surface area (Å²) in [5.74, 6) is -0.733. The molecule has 0 aliphatic rings. The van der Waals surface area contributed by atoms with Gasteiger partial charge in [-0.3, -0.25) is 19.9 Å². The smallest absolute Gasteiger partial charge is 0.271 e. The van der Waals surface area contributed by atoms with Crippen LogP contribution in [0.15, 0.2) is 54.5 Å². The molecule has 0 atom stereocenters. The third-order valence-corrected chi connectivity index (χ3v) is 3.38. The van der Waals surface area contributed by atoms with E-state index in [1.165, 1.54) is 18.3 Å². The average molecular weight is 358 g/mol. The number of nitrogens with zero attached hydrogens (tertiary/aromatic N) is 3. The highest BCUT2D eigenvalue weighted by Crippen LogP contribution is 2.26. The second kappa shape index (κ2) is 8.42. The maximum Gasteiger partial charge on any atom is 0.271 e. The number of nitrogens with one attached hydrogen (secondary N) is 2. The summed E-state index contributed by atoms with van der Waals surface area (Å²) in [7, 11) is 0. The predicted molar refractivity (Wildman–Crippen MR) is 91.5 cm³/mol. The standard InChI is InChI=1S/C16H12ClN5O3/c17-14-4-3-13(22(24)25)6-15(14)21-16(23)12(7-18)10-20-9-11-2-1-5-19-8-11/h1-6,8,10,20H,9H2,(H,21,23)/b12-10-. The van der Waals surface area contributed by atoms with Gasteiger partial charge in [-0.05, 0) is 17.7 Å². The molecule has 1 aromatic carbocycles. The molecule has 1 amide bonds. The minimum absolute atomic E-state index is 0.0503. The summed E-state index contributed by atoms with van der Waals surface area (Å²) in [5.41, 5.74) is 0.496. The lowest BCUT2D eigenvalue weighted by atomic mass is 10.2. The van der Waals surface area contributed by atoms with Crippen molar-refractivity contribution < 1.29 is 9.72 Å². The summed E-state index contributed by atoms with van der Waals surface area (Å²) < 4.78 is 0. The molecule has 2 aromatic rings. The van der Waals surface area contributed by atoms with Crippen molar-refractivity contribution in [3.8, 4) is 6.07 Å². The molecule has 0 spiro atoms. The highest BCUT2D eigenvalue weighted by atomic mass is 35.5. The molecular weight excluding hydrogens is 346 g/mol. The topological polar surface area (TPSA) is 121 Å². The Hall–Kier alpha value is -3.44. The van der Waals surface area contributed by atoms with Crippen LogP contribution in [0.5, 0.6) is 0 Å². The molecule has 0 bridgehead atoms. The van der Waals surface area contributed by atoms with Gasteiger partial charge >= 0.3 is 0 Å². The number of benzene rings is 1. The van der Waals surface area contributed by atoms with Crippen molar-refractivity contribution in [2.75, 3.05) is 5.32 Å². The molecule has 0 aliphatic carbocycles. The van der Waals surface area contributed by atoms with Gasteiger partial charge in [0.15, 0.2) is 0 Å². The van der Waals surface area contributed by atoms with Gasteiger partial charge < -0.3 is 10.6 Å². The lowest BCUT2D eigenvalue weighted by Crippen LogP contribution is -2.17. The second-order valence-electron chi connectivity index (χ2n) is 4.79. The number of anilines is 1. The molecule has 0 fully saturated rings. The number of halogens is 1. The Morgan fingerprint density at radius 1 is 1.44 bits per heavy atom. The molecular formula is C16H12ClN5O3. The van der Waals surface area contributed by atoms with E-state index < -0.39 is 10.8 Å². The highest BCUT2D eigenvalue weighted by molar-refractivity contribution is 6.34. The third kappa shape index (κ3) is 5.02. The SMILES string of the molecule is N#C/C(=C/NCc1cccnc1)C(=O)Nc1cc([N+](=O)[O-])ccc1Cl. The van der Waals surface area contributed by atoms with E-state index >= 15 is 0 Å².